The maximum Gasteiger partial charge on any atom is 0.227 e. The number of aryl methyl sites for hydroxylation is 1. The third kappa shape index (κ3) is 3.80. The fourth-order valence-corrected chi connectivity index (χ4v) is 3.18. The molecule has 0 saturated carbocycles. The van der Waals surface area contributed by atoms with E-state index in [4.69, 9.17) is 9.47 Å². The average molecular weight is 357 g/mol. The van der Waals surface area contributed by atoms with E-state index < -0.39 is 0 Å². The second kappa shape index (κ2) is 7.35. The number of benzene rings is 1. The molecule has 130 valence electrons. The van der Waals surface area contributed by atoms with Crippen LogP contribution in [0.25, 0.3) is 10.6 Å². The Bertz CT molecular complexity index is 859. The normalized spacial score (nSPS) is 10.4. The highest BCUT2D eigenvalue weighted by Crippen LogP contribution is 2.32. The van der Waals surface area contributed by atoms with Gasteiger partial charge in [0, 0.05) is 37.1 Å². The van der Waals surface area contributed by atoms with Crippen molar-refractivity contribution in [1.82, 2.24) is 15.0 Å². The van der Waals surface area contributed by atoms with Crippen molar-refractivity contribution in [3.05, 3.63) is 36.2 Å². The maximum absolute atomic E-state index is 5.28. The molecule has 0 saturated heterocycles. The largest absolute Gasteiger partial charge is 0.497 e. The van der Waals surface area contributed by atoms with Gasteiger partial charge in [0.2, 0.25) is 5.95 Å². The molecule has 0 bridgehead atoms. The van der Waals surface area contributed by atoms with E-state index in [1.165, 1.54) is 0 Å². The lowest BCUT2D eigenvalue weighted by Crippen LogP contribution is -1.99. The SMILES string of the molecule is CNc1nc(C)c(-c2ccnc(Nc3cc(OC)cc(OC)c3)n2)s1. The Morgan fingerprint density at radius 3 is 2.36 bits per heavy atom. The molecule has 0 amide bonds. The molecular weight excluding hydrogens is 338 g/mol. The summed E-state index contributed by atoms with van der Waals surface area (Å²) in [6.45, 7) is 1.97. The van der Waals surface area contributed by atoms with E-state index in [1.807, 2.05) is 38.2 Å². The van der Waals surface area contributed by atoms with Crippen molar-refractivity contribution in [3.63, 3.8) is 0 Å². The summed E-state index contributed by atoms with van der Waals surface area (Å²) < 4.78 is 10.6. The van der Waals surface area contributed by atoms with Crippen molar-refractivity contribution < 1.29 is 9.47 Å². The van der Waals surface area contributed by atoms with Crippen molar-refractivity contribution in [3.8, 4) is 22.1 Å². The van der Waals surface area contributed by atoms with Crippen LogP contribution in [-0.4, -0.2) is 36.2 Å². The van der Waals surface area contributed by atoms with E-state index in [9.17, 15) is 0 Å². The quantitative estimate of drug-likeness (QED) is 0.696. The molecule has 2 N–H and O–H groups in total. The van der Waals surface area contributed by atoms with Crippen LogP contribution in [0.1, 0.15) is 5.69 Å². The predicted octanol–water partition coefficient (Wildman–Crippen LogP) is 3.71. The number of rotatable bonds is 6. The van der Waals surface area contributed by atoms with Gasteiger partial charge in [-0.2, -0.15) is 0 Å². The number of nitrogens with zero attached hydrogens (tertiary/aromatic N) is 3. The molecule has 0 aliphatic heterocycles. The van der Waals surface area contributed by atoms with Gasteiger partial charge in [0.05, 0.1) is 30.5 Å². The number of aromatic nitrogens is 3. The van der Waals surface area contributed by atoms with Gasteiger partial charge >= 0.3 is 0 Å². The van der Waals surface area contributed by atoms with Crippen LogP contribution in [0.5, 0.6) is 11.5 Å². The highest BCUT2D eigenvalue weighted by Gasteiger charge is 2.12. The number of methoxy groups -OCH3 is 2. The lowest BCUT2D eigenvalue weighted by atomic mass is 10.2. The van der Waals surface area contributed by atoms with Crippen LogP contribution >= 0.6 is 11.3 Å². The minimum Gasteiger partial charge on any atom is -0.497 e. The van der Waals surface area contributed by atoms with Gasteiger partial charge in [-0.1, -0.05) is 11.3 Å². The average Bonchev–Trinajstić information content (AvgIpc) is 3.02. The lowest BCUT2D eigenvalue weighted by molar-refractivity contribution is 0.395. The van der Waals surface area contributed by atoms with Gasteiger partial charge in [-0.05, 0) is 13.0 Å². The zero-order chi connectivity index (χ0) is 17.8. The number of hydrogen-bond donors (Lipinski definition) is 2. The van der Waals surface area contributed by atoms with Crippen molar-refractivity contribution in [1.29, 1.82) is 0 Å². The summed E-state index contributed by atoms with van der Waals surface area (Å²) in [4.78, 5) is 14.4. The summed E-state index contributed by atoms with van der Waals surface area (Å²) in [6.07, 6.45) is 1.72. The fraction of sp³-hybridized carbons (Fsp3) is 0.235. The molecule has 1 aromatic carbocycles. The smallest absolute Gasteiger partial charge is 0.227 e. The minimum atomic E-state index is 0.492. The fourth-order valence-electron chi connectivity index (χ4n) is 2.30. The Morgan fingerprint density at radius 2 is 1.76 bits per heavy atom. The first-order valence-corrected chi connectivity index (χ1v) is 8.43. The van der Waals surface area contributed by atoms with Crippen LogP contribution in [0.2, 0.25) is 0 Å². The summed E-state index contributed by atoms with van der Waals surface area (Å²) >= 11 is 1.56. The van der Waals surface area contributed by atoms with E-state index in [2.05, 4.69) is 25.6 Å². The molecule has 0 fully saturated rings. The molecule has 3 rings (SSSR count). The van der Waals surface area contributed by atoms with Crippen LogP contribution in [0.4, 0.5) is 16.8 Å². The number of hydrogen-bond acceptors (Lipinski definition) is 8. The highest BCUT2D eigenvalue weighted by atomic mass is 32.1. The zero-order valence-corrected chi connectivity index (χ0v) is 15.3. The Hall–Kier alpha value is -2.87. The van der Waals surface area contributed by atoms with E-state index in [0.717, 1.165) is 27.1 Å². The predicted molar refractivity (Wildman–Crippen MR) is 100 cm³/mol. The summed E-state index contributed by atoms with van der Waals surface area (Å²) in [6, 6.07) is 7.39. The van der Waals surface area contributed by atoms with Crippen LogP contribution in [0.15, 0.2) is 30.5 Å². The molecule has 0 unspecified atom stereocenters. The first-order valence-electron chi connectivity index (χ1n) is 7.61. The highest BCUT2D eigenvalue weighted by molar-refractivity contribution is 7.19. The molecule has 3 aromatic rings. The topological polar surface area (TPSA) is 81.2 Å². The van der Waals surface area contributed by atoms with Crippen molar-refractivity contribution in [2.75, 3.05) is 31.9 Å². The van der Waals surface area contributed by atoms with Gasteiger partial charge in [-0.3, -0.25) is 0 Å². The summed E-state index contributed by atoms with van der Waals surface area (Å²) in [5, 5.41) is 7.11. The second-order valence-electron chi connectivity index (χ2n) is 5.18. The number of nitrogens with one attached hydrogen (secondary N) is 2. The molecule has 0 radical (unpaired) electrons. The molecule has 0 atom stereocenters. The standard InChI is InChI=1S/C17H19N5O2S/c1-10-15(25-17(18-2)20-10)14-5-6-19-16(22-14)21-11-7-12(23-3)9-13(8-11)24-4/h5-9H,1-4H3,(H,18,20)(H,19,21,22). The molecule has 2 aromatic heterocycles. The van der Waals surface area contributed by atoms with Gasteiger partial charge in [-0.25, -0.2) is 15.0 Å². The minimum absolute atomic E-state index is 0.492. The molecule has 0 spiro atoms. The van der Waals surface area contributed by atoms with Crippen molar-refractivity contribution in [2.24, 2.45) is 0 Å². The third-order valence-electron chi connectivity index (χ3n) is 3.51. The molecule has 0 aliphatic carbocycles. The Kier molecular flexibility index (Phi) is 4.99. The second-order valence-corrected chi connectivity index (χ2v) is 6.17. The van der Waals surface area contributed by atoms with E-state index in [0.29, 0.717) is 17.4 Å². The first-order chi connectivity index (χ1) is 12.1. The van der Waals surface area contributed by atoms with Crippen LogP contribution in [0.3, 0.4) is 0 Å². The van der Waals surface area contributed by atoms with Crippen molar-refractivity contribution in [2.45, 2.75) is 6.92 Å². The van der Waals surface area contributed by atoms with Crippen LogP contribution in [0, 0.1) is 6.92 Å². The Balaban J connectivity index is 1.90. The number of anilines is 3. The van der Waals surface area contributed by atoms with E-state index >= 15 is 0 Å². The molecule has 0 aliphatic rings. The third-order valence-corrected chi connectivity index (χ3v) is 4.70. The lowest BCUT2D eigenvalue weighted by Gasteiger charge is -2.10. The van der Waals surface area contributed by atoms with Gasteiger partial charge in [-0.15, -0.1) is 0 Å². The van der Waals surface area contributed by atoms with Crippen molar-refractivity contribution >= 4 is 28.1 Å². The Morgan fingerprint density at radius 1 is 1.04 bits per heavy atom. The molecule has 2 heterocycles. The summed E-state index contributed by atoms with van der Waals surface area (Å²) in [7, 11) is 5.08. The van der Waals surface area contributed by atoms with Gasteiger partial charge in [0.1, 0.15) is 11.5 Å². The number of thiazole rings is 1. The monoisotopic (exact) mass is 357 g/mol. The Labute approximate surface area is 150 Å². The maximum atomic E-state index is 5.28. The zero-order valence-electron chi connectivity index (χ0n) is 14.5. The number of ether oxygens (including phenoxy) is 2. The van der Waals surface area contributed by atoms with E-state index in [1.54, 1.807) is 31.8 Å². The van der Waals surface area contributed by atoms with Crippen LogP contribution < -0.4 is 20.1 Å². The summed E-state index contributed by atoms with van der Waals surface area (Å²) in [5.41, 5.74) is 2.54. The van der Waals surface area contributed by atoms with Gasteiger partial charge in [0.25, 0.3) is 0 Å². The molecular formula is C17H19N5O2S. The van der Waals surface area contributed by atoms with Crippen LogP contribution in [-0.2, 0) is 0 Å². The molecule has 8 heteroatoms. The van der Waals surface area contributed by atoms with E-state index in [-0.39, 0.29) is 0 Å². The molecule has 25 heavy (non-hydrogen) atoms. The summed E-state index contributed by atoms with van der Waals surface area (Å²) in [5.74, 6) is 1.87. The first kappa shape index (κ1) is 17.0. The molecule has 7 nitrogen and oxygen atoms in total. The van der Waals surface area contributed by atoms with Gasteiger partial charge < -0.3 is 20.1 Å². The van der Waals surface area contributed by atoms with Gasteiger partial charge in [0.15, 0.2) is 5.13 Å².